The van der Waals surface area contributed by atoms with Crippen LogP contribution >= 0.6 is 12.4 Å². The van der Waals surface area contributed by atoms with Crippen LogP contribution in [0.4, 0.5) is 0 Å². The lowest BCUT2D eigenvalue weighted by Crippen LogP contribution is -2.55. The minimum Gasteiger partial charge on any atom is -0.353 e. The number of carbonyl (C=O) groups excluding carboxylic acids is 1. The molecule has 0 aliphatic heterocycles. The average Bonchev–Trinajstić information content (AvgIpc) is 2.30. The quantitative estimate of drug-likeness (QED) is 0.823. The van der Waals surface area contributed by atoms with Gasteiger partial charge in [-0.15, -0.1) is 12.4 Å². The summed E-state index contributed by atoms with van der Waals surface area (Å²) in [6.07, 6.45) is 8.38. The molecule has 0 aromatic carbocycles. The molecule has 0 aromatic heterocycles. The fraction of sp³-hybridized carbons (Fsp3) is 0.929. The summed E-state index contributed by atoms with van der Waals surface area (Å²) in [6, 6.07) is 0.494. The lowest BCUT2D eigenvalue weighted by Gasteiger charge is -2.54. The Morgan fingerprint density at radius 1 is 1.06 bits per heavy atom. The molecule has 4 rings (SSSR count). The molecule has 0 spiro atoms. The van der Waals surface area contributed by atoms with Crippen molar-refractivity contribution in [3.63, 3.8) is 0 Å². The molecule has 0 saturated heterocycles. The first kappa shape index (κ1) is 14.1. The number of amides is 1. The van der Waals surface area contributed by atoms with Crippen LogP contribution in [0.2, 0.25) is 0 Å². The maximum absolute atomic E-state index is 11.8. The number of hydrogen-bond acceptors (Lipinski definition) is 2. The molecule has 0 atom stereocenters. The van der Waals surface area contributed by atoms with Crippen molar-refractivity contribution < 1.29 is 4.79 Å². The van der Waals surface area contributed by atoms with Gasteiger partial charge < -0.3 is 11.1 Å². The molecule has 4 fully saturated rings. The first-order valence-electron chi connectivity index (χ1n) is 7.25. The first-order chi connectivity index (χ1) is 8.26. The number of nitrogens with two attached hydrogens (primary N) is 1. The highest BCUT2D eigenvalue weighted by Crippen LogP contribution is 2.53. The van der Waals surface area contributed by atoms with E-state index < -0.39 is 0 Å². The topological polar surface area (TPSA) is 55.1 Å². The minimum absolute atomic E-state index is 0. The second-order valence-electron chi connectivity index (χ2n) is 6.42. The lowest BCUT2D eigenvalue weighted by molar-refractivity contribution is -0.125. The number of hydrogen-bond donors (Lipinski definition) is 2. The average molecular weight is 273 g/mol. The van der Waals surface area contributed by atoms with Crippen molar-refractivity contribution >= 4 is 18.3 Å². The zero-order valence-corrected chi connectivity index (χ0v) is 11.8. The minimum atomic E-state index is 0. The molecule has 0 radical (unpaired) electrons. The molecule has 4 aliphatic carbocycles. The Morgan fingerprint density at radius 2 is 1.61 bits per heavy atom. The van der Waals surface area contributed by atoms with E-state index in [9.17, 15) is 4.79 Å². The number of rotatable bonds is 4. The molecule has 4 heteroatoms. The highest BCUT2D eigenvalue weighted by atomic mass is 35.5. The highest BCUT2D eigenvalue weighted by molar-refractivity contribution is 5.85. The standard InChI is InChI=1S/C14H24N2O.ClH/c15-3-1-2-13(17)16-14-11-5-9-4-10(7-11)8-12(14)6-9;/h9-12,14H,1-8,15H2,(H,16,17);1H. The lowest BCUT2D eigenvalue weighted by atomic mass is 9.54. The summed E-state index contributed by atoms with van der Waals surface area (Å²) in [6.45, 7) is 0.620. The number of halogens is 1. The monoisotopic (exact) mass is 272 g/mol. The SMILES string of the molecule is Cl.NCCCC(=O)NC1C2CC3CC(C2)CC1C3. The smallest absolute Gasteiger partial charge is 0.220 e. The predicted molar refractivity (Wildman–Crippen MR) is 74.5 cm³/mol. The maximum Gasteiger partial charge on any atom is 0.220 e. The van der Waals surface area contributed by atoms with Gasteiger partial charge in [-0.05, 0) is 68.7 Å². The summed E-state index contributed by atoms with van der Waals surface area (Å²) in [5.41, 5.74) is 5.45. The molecular formula is C14H25ClN2O. The van der Waals surface area contributed by atoms with Crippen LogP contribution in [0.15, 0.2) is 0 Å². The molecule has 4 saturated carbocycles. The Labute approximate surface area is 116 Å². The predicted octanol–water partition coefficient (Wildman–Crippen LogP) is 2.09. The second-order valence-corrected chi connectivity index (χ2v) is 6.42. The van der Waals surface area contributed by atoms with Crippen molar-refractivity contribution in [2.45, 2.75) is 51.0 Å². The molecule has 3 nitrogen and oxygen atoms in total. The van der Waals surface area contributed by atoms with Gasteiger partial charge in [-0.25, -0.2) is 0 Å². The van der Waals surface area contributed by atoms with Crippen molar-refractivity contribution in [2.24, 2.45) is 29.4 Å². The Bertz CT molecular complexity index is 280. The third-order valence-corrected chi connectivity index (χ3v) is 5.16. The van der Waals surface area contributed by atoms with Gasteiger partial charge in [0, 0.05) is 12.5 Å². The Morgan fingerprint density at radius 3 is 2.11 bits per heavy atom. The van der Waals surface area contributed by atoms with Gasteiger partial charge in [0.15, 0.2) is 0 Å². The molecule has 0 aromatic rings. The van der Waals surface area contributed by atoms with Crippen LogP contribution in [-0.2, 0) is 4.79 Å². The zero-order valence-electron chi connectivity index (χ0n) is 10.9. The van der Waals surface area contributed by atoms with Gasteiger partial charge in [-0.2, -0.15) is 0 Å². The summed E-state index contributed by atoms with van der Waals surface area (Å²) in [7, 11) is 0. The van der Waals surface area contributed by atoms with Gasteiger partial charge in [-0.3, -0.25) is 4.79 Å². The second kappa shape index (κ2) is 5.79. The van der Waals surface area contributed by atoms with Gasteiger partial charge in [-0.1, -0.05) is 0 Å². The van der Waals surface area contributed by atoms with Gasteiger partial charge in [0.05, 0.1) is 0 Å². The molecule has 3 N–H and O–H groups in total. The third kappa shape index (κ3) is 2.67. The van der Waals surface area contributed by atoms with Crippen molar-refractivity contribution in [1.82, 2.24) is 5.32 Å². The van der Waals surface area contributed by atoms with E-state index in [1.165, 1.54) is 32.1 Å². The van der Waals surface area contributed by atoms with E-state index in [0.717, 1.165) is 30.1 Å². The van der Waals surface area contributed by atoms with Crippen LogP contribution < -0.4 is 11.1 Å². The van der Waals surface area contributed by atoms with Gasteiger partial charge in [0.2, 0.25) is 5.91 Å². The van der Waals surface area contributed by atoms with E-state index in [2.05, 4.69) is 5.32 Å². The van der Waals surface area contributed by atoms with Crippen LogP contribution in [0, 0.1) is 23.7 Å². The van der Waals surface area contributed by atoms with Crippen LogP contribution in [0.25, 0.3) is 0 Å². The fourth-order valence-corrected chi connectivity index (χ4v) is 4.68. The largest absolute Gasteiger partial charge is 0.353 e. The van der Waals surface area contributed by atoms with Crippen LogP contribution in [0.3, 0.4) is 0 Å². The maximum atomic E-state index is 11.8. The summed E-state index contributed by atoms with van der Waals surface area (Å²) in [5.74, 6) is 3.76. The van der Waals surface area contributed by atoms with E-state index >= 15 is 0 Å². The highest BCUT2D eigenvalue weighted by Gasteiger charge is 2.48. The molecule has 0 heterocycles. The number of carbonyl (C=O) groups is 1. The molecule has 4 aliphatic rings. The molecule has 1 amide bonds. The Balaban J connectivity index is 0.00000120. The molecular weight excluding hydrogens is 248 g/mol. The fourth-order valence-electron chi connectivity index (χ4n) is 4.68. The van der Waals surface area contributed by atoms with Crippen LogP contribution in [-0.4, -0.2) is 18.5 Å². The first-order valence-corrected chi connectivity index (χ1v) is 7.25. The van der Waals surface area contributed by atoms with Crippen molar-refractivity contribution in [2.75, 3.05) is 6.54 Å². The van der Waals surface area contributed by atoms with Gasteiger partial charge in [0.25, 0.3) is 0 Å². The third-order valence-electron chi connectivity index (χ3n) is 5.16. The Hall–Kier alpha value is -0.280. The molecule has 4 bridgehead atoms. The van der Waals surface area contributed by atoms with Gasteiger partial charge >= 0.3 is 0 Å². The molecule has 18 heavy (non-hydrogen) atoms. The van der Waals surface area contributed by atoms with Crippen LogP contribution in [0.5, 0.6) is 0 Å². The normalized spacial score (nSPS) is 40.4. The van der Waals surface area contributed by atoms with E-state index in [1.807, 2.05) is 0 Å². The van der Waals surface area contributed by atoms with E-state index in [0.29, 0.717) is 19.0 Å². The van der Waals surface area contributed by atoms with Crippen molar-refractivity contribution in [1.29, 1.82) is 0 Å². The van der Waals surface area contributed by atoms with Gasteiger partial charge in [0.1, 0.15) is 0 Å². The summed E-state index contributed by atoms with van der Waals surface area (Å²) in [4.78, 5) is 11.8. The van der Waals surface area contributed by atoms with Crippen LogP contribution in [0.1, 0.15) is 44.9 Å². The van der Waals surface area contributed by atoms with Crippen molar-refractivity contribution in [3.8, 4) is 0 Å². The van der Waals surface area contributed by atoms with Crippen molar-refractivity contribution in [3.05, 3.63) is 0 Å². The summed E-state index contributed by atoms with van der Waals surface area (Å²) < 4.78 is 0. The molecule has 104 valence electrons. The van der Waals surface area contributed by atoms with E-state index in [1.54, 1.807) is 0 Å². The Kier molecular flexibility index (Phi) is 4.54. The number of nitrogens with one attached hydrogen (secondary N) is 1. The summed E-state index contributed by atoms with van der Waals surface area (Å²) in [5, 5.41) is 3.30. The van der Waals surface area contributed by atoms with E-state index in [4.69, 9.17) is 5.73 Å². The van der Waals surface area contributed by atoms with E-state index in [-0.39, 0.29) is 18.3 Å². The zero-order chi connectivity index (χ0) is 11.8. The summed E-state index contributed by atoms with van der Waals surface area (Å²) >= 11 is 0. The molecule has 0 unspecified atom stereocenters.